The minimum Gasteiger partial charge on any atom is -0.714 e. The number of hydrogen-bond acceptors (Lipinski definition) is 3. The first-order valence-electron chi connectivity index (χ1n) is 7.50. The molecule has 1 aliphatic rings. The van der Waals surface area contributed by atoms with Gasteiger partial charge in [-0.1, -0.05) is 29.8 Å². The quantitative estimate of drug-likeness (QED) is 0.645. The van der Waals surface area contributed by atoms with Crippen molar-refractivity contribution in [3.63, 3.8) is 0 Å². The molecule has 116 valence electrons. The second-order valence-electron chi connectivity index (χ2n) is 7.11. The molecular formula is C18H22N2O2. The number of hydroxylamine groups is 3. The Labute approximate surface area is 130 Å². The molecule has 3 rings (SSSR count). The summed E-state index contributed by atoms with van der Waals surface area (Å²) in [5.41, 5.74) is 0.531. The molecule has 4 nitrogen and oxygen atoms in total. The highest BCUT2D eigenvalue weighted by atomic mass is 16.5. The van der Waals surface area contributed by atoms with Crippen molar-refractivity contribution in [1.29, 1.82) is 0 Å². The zero-order valence-corrected chi connectivity index (χ0v) is 13.7. The fourth-order valence-corrected chi connectivity index (χ4v) is 2.87. The van der Waals surface area contributed by atoms with Crippen molar-refractivity contribution in [3.05, 3.63) is 52.7 Å². The van der Waals surface area contributed by atoms with Crippen LogP contribution in [-0.2, 0) is 0 Å². The molecule has 2 aromatic rings. The van der Waals surface area contributed by atoms with E-state index in [0.717, 1.165) is 26.1 Å². The SMILES string of the molecule is Cc1ccc2cc(C3=[N+]([O-])C(C)(C)C(C)(C)N3O)ccc2c1. The number of hydrogen-bond donors (Lipinski definition) is 1. The maximum atomic E-state index is 12.7. The molecule has 0 saturated heterocycles. The van der Waals surface area contributed by atoms with Gasteiger partial charge in [0.25, 0.3) is 0 Å². The molecule has 1 N–H and O–H groups in total. The molecule has 0 saturated carbocycles. The average Bonchev–Trinajstić information content (AvgIpc) is 2.57. The van der Waals surface area contributed by atoms with Gasteiger partial charge in [0, 0.05) is 0 Å². The van der Waals surface area contributed by atoms with Crippen LogP contribution in [0.25, 0.3) is 10.8 Å². The molecule has 0 bridgehead atoms. The Balaban J connectivity index is 2.19. The highest BCUT2D eigenvalue weighted by Gasteiger charge is 2.58. The van der Waals surface area contributed by atoms with Gasteiger partial charge in [-0.05, 0) is 57.5 Å². The standard InChI is InChI=1S/C18H22N2O2/c1-12-6-7-14-11-15(9-8-13(14)10-12)16-19(21)17(2,3)18(4,5)20(16)22/h6-11,21H,1-5H3. The van der Waals surface area contributed by atoms with Gasteiger partial charge in [-0.2, -0.15) is 0 Å². The first-order chi connectivity index (χ1) is 10.2. The number of aryl methyl sites for hydroxylation is 1. The Hall–Kier alpha value is -2.07. The van der Waals surface area contributed by atoms with Gasteiger partial charge in [-0.25, -0.2) is 5.21 Å². The Bertz CT molecular complexity index is 791. The number of rotatable bonds is 1. The van der Waals surface area contributed by atoms with Gasteiger partial charge in [0.1, 0.15) is 5.54 Å². The van der Waals surface area contributed by atoms with Crippen LogP contribution in [0, 0.1) is 12.1 Å². The lowest BCUT2D eigenvalue weighted by Crippen LogP contribution is -2.53. The summed E-state index contributed by atoms with van der Waals surface area (Å²) in [6, 6.07) is 12.0. The van der Waals surface area contributed by atoms with Gasteiger partial charge in [0.05, 0.1) is 5.56 Å². The van der Waals surface area contributed by atoms with Crippen molar-refractivity contribution in [2.24, 2.45) is 0 Å². The normalized spacial score (nSPS) is 20.0. The molecule has 4 heteroatoms. The van der Waals surface area contributed by atoms with E-state index < -0.39 is 11.1 Å². The number of nitrogens with zero attached hydrogens (tertiary/aromatic N) is 2. The van der Waals surface area contributed by atoms with Gasteiger partial charge in [-0.3, -0.25) is 4.74 Å². The average molecular weight is 298 g/mol. The Kier molecular flexibility index (Phi) is 3.01. The summed E-state index contributed by atoms with van der Waals surface area (Å²) in [6.07, 6.45) is 0. The lowest BCUT2D eigenvalue weighted by Gasteiger charge is -2.33. The van der Waals surface area contributed by atoms with E-state index in [-0.39, 0.29) is 0 Å². The van der Waals surface area contributed by atoms with E-state index in [1.807, 2.05) is 58.0 Å². The van der Waals surface area contributed by atoms with Crippen LogP contribution in [0.1, 0.15) is 38.8 Å². The summed E-state index contributed by atoms with van der Waals surface area (Å²) in [5, 5.41) is 26.6. The Morgan fingerprint density at radius 2 is 1.59 bits per heavy atom. The summed E-state index contributed by atoms with van der Waals surface area (Å²) < 4.78 is 0.919. The molecule has 0 amide bonds. The first-order valence-corrected chi connectivity index (χ1v) is 7.50. The monoisotopic (exact) mass is 298 g/mol. The van der Waals surface area contributed by atoms with Crippen LogP contribution in [-0.4, -0.2) is 31.9 Å². The number of amidine groups is 1. The largest absolute Gasteiger partial charge is 0.714 e. The van der Waals surface area contributed by atoms with Crippen LogP contribution in [0.4, 0.5) is 0 Å². The van der Waals surface area contributed by atoms with Crippen molar-refractivity contribution in [2.75, 3.05) is 0 Å². The zero-order chi connectivity index (χ0) is 16.3. The van der Waals surface area contributed by atoms with Crippen LogP contribution in [0.15, 0.2) is 36.4 Å². The number of benzene rings is 2. The second-order valence-corrected chi connectivity index (χ2v) is 7.11. The predicted octanol–water partition coefficient (Wildman–Crippen LogP) is 3.67. The van der Waals surface area contributed by atoms with Gasteiger partial charge in [0.2, 0.25) is 0 Å². The van der Waals surface area contributed by atoms with Crippen LogP contribution < -0.4 is 0 Å². The van der Waals surface area contributed by atoms with E-state index in [4.69, 9.17) is 0 Å². The van der Waals surface area contributed by atoms with Crippen molar-refractivity contribution >= 4 is 16.6 Å². The lowest BCUT2D eigenvalue weighted by atomic mass is 9.84. The maximum absolute atomic E-state index is 12.7. The van der Waals surface area contributed by atoms with E-state index in [2.05, 4.69) is 13.0 Å². The van der Waals surface area contributed by atoms with Crippen LogP contribution in [0.2, 0.25) is 0 Å². The van der Waals surface area contributed by atoms with E-state index in [9.17, 15) is 10.4 Å². The second kappa shape index (κ2) is 4.46. The summed E-state index contributed by atoms with van der Waals surface area (Å²) in [6.45, 7) is 9.49. The molecule has 0 spiro atoms. The van der Waals surface area contributed by atoms with E-state index in [0.29, 0.717) is 5.84 Å². The molecule has 2 aromatic carbocycles. The lowest BCUT2D eigenvalue weighted by molar-refractivity contribution is -0.539. The number of fused-ring (bicyclic) bond motifs is 1. The Morgan fingerprint density at radius 3 is 2.18 bits per heavy atom. The maximum Gasteiger partial charge on any atom is 0.313 e. The molecule has 0 aromatic heterocycles. The van der Waals surface area contributed by atoms with Crippen LogP contribution in [0.5, 0.6) is 0 Å². The fraction of sp³-hybridized carbons (Fsp3) is 0.389. The molecule has 1 heterocycles. The summed E-state index contributed by atoms with van der Waals surface area (Å²) in [5.74, 6) is 0.303. The topological polar surface area (TPSA) is 49.5 Å². The zero-order valence-electron chi connectivity index (χ0n) is 13.7. The fourth-order valence-electron chi connectivity index (χ4n) is 2.87. The van der Waals surface area contributed by atoms with Crippen molar-refractivity contribution in [1.82, 2.24) is 5.06 Å². The van der Waals surface area contributed by atoms with Gasteiger partial charge in [0.15, 0.2) is 5.54 Å². The molecule has 0 unspecified atom stereocenters. The molecule has 0 aliphatic carbocycles. The van der Waals surface area contributed by atoms with Gasteiger partial charge in [-0.15, -0.1) is 5.06 Å². The summed E-state index contributed by atoms with van der Waals surface area (Å²) in [4.78, 5) is 0. The molecular weight excluding hydrogens is 276 g/mol. The highest BCUT2D eigenvalue weighted by molar-refractivity contribution is 6.00. The highest BCUT2D eigenvalue weighted by Crippen LogP contribution is 2.37. The first kappa shape index (κ1) is 14.9. The van der Waals surface area contributed by atoms with E-state index >= 15 is 0 Å². The van der Waals surface area contributed by atoms with Crippen molar-refractivity contribution < 1.29 is 9.95 Å². The van der Waals surface area contributed by atoms with E-state index in [1.165, 1.54) is 5.56 Å². The van der Waals surface area contributed by atoms with Gasteiger partial charge < -0.3 is 5.21 Å². The van der Waals surface area contributed by atoms with Crippen LogP contribution >= 0.6 is 0 Å². The third-order valence-electron chi connectivity index (χ3n) is 5.18. The molecule has 22 heavy (non-hydrogen) atoms. The van der Waals surface area contributed by atoms with Crippen molar-refractivity contribution in [2.45, 2.75) is 45.7 Å². The smallest absolute Gasteiger partial charge is 0.313 e. The van der Waals surface area contributed by atoms with Gasteiger partial charge >= 0.3 is 5.84 Å². The minimum atomic E-state index is -0.723. The molecule has 0 radical (unpaired) electrons. The Morgan fingerprint density at radius 1 is 1.00 bits per heavy atom. The third kappa shape index (κ3) is 1.83. The predicted molar refractivity (Wildman–Crippen MR) is 88.2 cm³/mol. The van der Waals surface area contributed by atoms with Crippen LogP contribution in [0.3, 0.4) is 0 Å². The molecule has 0 atom stereocenters. The minimum absolute atomic E-state index is 0.303. The molecule has 0 fully saturated rings. The molecule has 1 aliphatic heterocycles. The van der Waals surface area contributed by atoms with Crippen molar-refractivity contribution in [3.8, 4) is 0 Å². The summed E-state index contributed by atoms with van der Waals surface area (Å²) >= 11 is 0. The third-order valence-corrected chi connectivity index (χ3v) is 5.18. The summed E-state index contributed by atoms with van der Waals surface area (Å²) in [7, 11) is 0. The van der Waals surface area contributed by atoms with E-state index in [1.54, 1.807) is 0 Å².